The topological polar surface area (TPSA) is 40.9 Å². The fourth-order valence-corrected chi connectivity index (χ4v) is 1.86. The molecule has 0 spiro atoms. The first kappa shape index (κ1) is 11.4. The van der Waals surface area contributed by atoms with E-state index in [0.717, 1.165) is 4.47 Å². The molecular weight excluding hydrogens is 310 g/mol. The fraction of sp³-hybridized carbons (Fsp3) is 0.200. The third-order valence-corrected chi connectivity index (χ3v) is 2.81. The quantitative estimate of drug-likeness (QED) is 0.634. The second-order valence-corrected chi connectivity index (χ2v) is 4.32. The van der Waals surface area contributed by atoms with Crippen molar-refractivity contribution < 1.29 is 4.79 Å². The van der Waals surface area contributed by atoms with Gasteiger partial charge in [0.1, 0.15) is 0 Å². The zero-order chi connectivity index (χ0) is 10.6. The van der Waals surface area contributed by atoms with E-state index in [1.54, 1.807) is 18.2 Å². The second-order valence-electron chi connectivity index (χ2n) is 2.67. The Labute approximate surface area is 99.2 Å². The summed E-state index contributed by atoms with van der Waals surface area (Å²) in [6.07, 6.45) is 0.438. The summed E-state index contributed by atoms with van der Waals surface area (Å²) in [4.78, 5) is 11.6. The second kappa shape index (κ2) is 5.28. The maximum absolute atomic E-state index is 11.6. The first-order valence-electron chi connectivity index (χ1n) is 3.98. The number of ketones is 1. The van der Waals surface area contributed by atoms with Gasteiger partial charge < -0.3 is 0 Å². The third kappa shape index (κ3) is 2.66. The molecule has 0 atom stereocenters. The van der Waals surface area contributed by atoms with Crippen LogP contribution in [0, 0.1) is 11.3 Å². The average molecular weight is 317 g/mol. The molecule has 0 N–H and O–H groups in total. The molecule has 1 aromatic carbocycles. The molecule has 72 valence electrons. The molecule has 0 fully saturated rings. The number of carbonyl (C=O) groups excluding carboxylic acids is 1. The van der Waals surface area contributed by atoms with Crippen LogP contribution < -0.4 is 0 Å². The van der Waals surface area contributed by atoms with Gasteiger partial charge in [-0.15, -0.1) is 0 Å². The Kier molecular flexibility index (Phi) is 4.30. The zero-order valence-electron chi connectivity index (χ0n) is 7.26. The minimum Gasteiger partial charge on any atom is -0.294 e. The van der Waals surface area contributed by atoms with Crippen LogP contribution in [-0.4, -0.2) is 11.1 Å². The van der Waals surface area contributed by atoms with E-state index in [1.165, 1.54) is 0 Å². The number of halogens is 2. The summed E-state index contributed by atoms with van der Waals surface area (Å²) < 4.78 is 0.738. The number of hydrogen-bond donors (Lipinski definition) is 0. The van der Waals surface area contributed by atoms with Gasteiger partial charge in [-0.05, 0) is 18.2 Å². The van der Waals surface area contributed by atoms with Gasteiger partial charge in [0.15, 0.2) is 5.78 Å². The van der Waals surface area contributed by atoms with Crippen molar-refractivity contribution in [3.63, 3.8) is 0 Å². The van der Waals surface area contributed by atoms with E-state index in [4.69, 9.17) is 5.26 Å². The van der Waals surface area contributed by atoms with Gasteiger partial charge in [-0.25, -0.2) is 0 Å². The first-order chi connectivity index (χ1) is 6.69. The highest BCUT2D eigenvalue weighted by atomic mass is 79.9. The normalized spacial score (nSPS) is 9.50. The molecule has 1 rings (SSSR count). The molecule has 0 saturated heterocycles. The van der Waals surface area contributed by atoms with Gasteiger partial charge in [-0.2, -0.15) is 5.26 Å². The minimum atomic E-state index is 0.0332. The summed E-state index contributed by atoms with van der Waals surface area (Å²) in [5, 5.41) is 9.31. The summed E-state index contributed by atoms with van der Waals surface area (Å²) in [7, 11) is 0. The van der Waals surface area contributed by atoms with Crippen LogP contribution in [0.5, 0.6) is 0 Å². The molecule has 0 amide bonds. The van der Waals surface area contributed by atoms with Crippen molar-refractivity contribution in [1.29, 1.82) is 5.26 Å². The number of rotatable bonds is 3. The van der Waals surface area contributed by atoms with Crippen LogP contribution in [0.2, 0.25) is 0 Å². The lowest BCUT2D eigenvalue weighted by molar-refractivity contribution is 0.0989. The van der Waals surface area contributed by atoms with Crippen LogP contribution in [0.4, 0.5) is 0 Å². The van der Waals surface area contributed by atoms with Crippen molar-refractivity contribution in [1.82, 2.24) is 0 Å². The largest absolute Gasteiger partial charge is 0.294 e. The average Bonchev–Trinajstić information content (AvgIpc) is 2.19. The van der Waals surface area contributed by atoms with E-state index < -0.39 is 0 Å². The first-order valence-corrected chi connectivity index (χ1v) is 5.89. The highest BCUT2D eigenvalue weighted by Crippen LogP contribution is 2.19. The van der Waals surface area contributed by atoms with Gasteiger partial charge in [0.05, 0.1) is 11.6 Å². The van der Waals surface area contributed by atoms with Crippen LogP contribution >= 0.6 is 31.9 Å². The zero-order valence-corrected chi connectivity index (χ0v) is 10.4. The number of carbonyl (C=O) groups is 1. The van der Waals surface area contributed by atoms with Crippen molar-refractivity contribution in [2.75, 3.05) is 5.33 Å². The van der Waals surface area contributed by atoms with E-state index in [0.29, 0.717) is 22.9 Å². The highest BCUT2D eigenvalue weighted by Gasteiger charge is 2.09. The van der Waals surface area contributed by atoms with Gasteiger partial charge in [0, 0.05) is 21.8 Å². The minimum absolute atomic E-state index is 0.0332. The van der Waals surface area contributed by atoms with Crippen LogP contribution in [0.3, 0.4) is 0 Å². The van der Waals surface area contributed by atoms with Gasteiger partial charge >= 0.3 is 0 Å². The van der Waals surface area contributed by atoms with E-state index in [-0.39, 0.29) is 5.78 Å². The number of hydrogen-bond acceptors (Lipinski definition) is 2. The van der Waals surface area contributed by atoms with Crippen LogP contribution in [-0.2, 0) is 0 Å². The van der Waals surface area contributed by atoms with Crippen molar-refractivity contribution in [3.8, 4) is 6.07 Å². The summed E-state index contributed by atoms with van der Waals surface area (Å²) in [5.74, 6) is 0.0332. The van der Waals surface area contributed by atoms with Crippen LogP contribution in [0.1, 0.15) is 22.3 Å². The number of benzene rings is 1. The van der Waals surface area contributed by atoms with Gasteiger partial charge in [-0.3, -0.25) is 4.79 Å². The Balaban J connectivity index is 3.07. The van der Waals surface area contributed by atoms with Crippen molar-refractivity contribution >= 4 is 37.6 Å². The summed E-state index contributed by atoms with van der Waals surface area (Å²) in [5.41, 5.74) is 1.08. The Morgan fingerprint density at radius 2 is 2.21 bits per heavy atom. The standard InChI is InChI=1S/C10H7Br2NO/c11-4-3-10(14)8-5-7(6-13)1-2-9(8)12/h1-2,5H,3-4H2. The van der Waals surface area contributed by atoms with Gasteiger partial charge in [0.2, 0.25) is 0 Å². The Bertz CT molecular complexity index is 396. The van der Waals surface area contributed by atoms with Gasteiger partial charge in [-0.1, -0.05) is 31.9 Å². The maximum Gasteiger partial charge on any atom is 0.164 e. The lowest BCUT2D eigenvalue weighted by Crippen LogP contribution is -2.01. The van der Waals surface area contributed by atoms with Crippen LogP contribution in [0.15, 0.2) is 22.7 Å². The van der Waals surface area contributed by atoms with Gasteiger partial charge in [0.25, 0.3) is 0 Å². The molecule has 0 radical (unpaired) electrons. The number of nitriles is 1. The predicted molar refractivity (Wildman–Crippen MR) is 61.6 cm³/mol. The smallest absolute Gasteiger partial charge is 0.164 e. The lowest BCUT2D eigenvalue weighted by atomic mass is 10.1. The molecular formula is C10H7Br2NO. The molecule has 0 saturated carbocycles. The number of alkyl halides is 1. The molecule has 14 heavy (non-hydrogen) atoms. The molecule has 0 bridgehead atoms. The molecule has 0 aliphatic rings. The molecule has 0 aliphatic carbocycles. The predicted octanol–water partition coefficient (Wildman–Crippen LogP) is 3.29. The van der Waals surface area contributed by atoms with E-state index >= 15 is 0 Å². The Hall–Kier alpha value is -0.660. The summed E-state index contributed by atoms with van der Waals surface area (Å²) in [6, 6.07) is 7.01. The molecule has 0 aromatic heterocycles. The van der Waals surface area contributed by atoms with Crippen LogP contribution in [0.25, 0.3) is 0 Å². The molecule has 4 heteroatoms. The van der Waals surface area contributed by atoms with Crippen molar-refractivity contribution in [2.24, 2.45) is 0 Å². The summed E-state index contributed by atoms with van der Waals surface area (Å²) >= 11 is 6.49. The van der Waals surface area contributed by atoms with Crippen molar-refractivity contribution in [2.45, 2.75) is 6.42 Å². The highest BCUT2D eigenvalue weighted by molar-refractivity contribution is 9.10. The van der Waals surface area contributed by atoms with E-state index in [9.17, 15) is 4.79 Å². The van der Waals surface area contributed by atoms with E-state index in [2.05, 4.69) is 31.9 Å². The number of nitrogens with zero attached hydrogens (tertiary/aromatic N) is 1. The van der Waals surface area contributed by atoms with E-state index in [1.807, 2.05) is 6.07 Å². The Morgan fingerprint density at radius 1 is 1.50 bits per heavy atom. The summed E-state index contributed by atoms with van der Waals surface area (Å²) in [6.45, 7) is 0. The SMILES string of the molecule is N#Cc1ccc(Br)c(C(=O)CCBr)c1. The molecule has 2 nitrogen and oxygen atoms in total. The van der Waals surface area contributed by atoms with Crippen molar-refractivity contribution in [3.05, 3.63) is 33.8 Å². The maximum atomic E-state index is 11.6. The fourth-order valence-electron chi connectivity index (χ4n) is 1.03. The third-order valence-electron chi connectivity index (χ3n) is 1.72. The molecule has 0 unspecified atom stereocenters. The Morgan fingerprint density at radius 3 is 2.79 bits per heavy atom. The number of Topliss-reactive ketones (excluding diaryl/α,β-unsaturated/α-hetero) is 1. The molecule has 1 aromatic rings. The molecule has 0 heterocycles. The monoisotopic (exact) mass is 315 g/mol. The lowest BCUT2D eigenvalue weighted by Gasteiger charge is -2.02. The molecule has 0 aliphatic heterocycles.